The number of carbonyl (C=O) groups excluding carboxylic acids is 1. The summed E-state index contributed by atoms with van der Waals surface area (Å²) in [6, 6.07) is 0.512. The molecule has 0 bridgehead atoms. The van der Waals surface area contributed by atoms with E-state index in [1.165, 1.54) is 0 Å². The second-order valence-corrected chi connectivity index (χ2v) is 5.03. The molecule has 0 spiro atoms. The zero-order chi connectivity index (χ0) is 12.9. The molecule has 0 radical (unpaired) electrons. The van der Waals surface area contributed by atoms with E-state index < -0.39 is 0 Å². The van der Waals surface area contributed by atoms with Gasteiger partial charge < -0.3 is 15.4 Å². The SMILES string of the molecule is CCOC1CC(NCCNC(C)=O)C1(C)CC. The number of carbonyl (C=O) groups is 1. The van der Waals surface area contributed by atoms with E-state index >= 15 is 0 Å². The maximum atomic E-state index is 10.7. The lowest BCUT2D eigenvalue weighted by Gasteiger charge is -2.53. The van der Waals surface area contributed by atoms with Crippen LogP contribution in [-0.2, 0) is 9.53 Å². The van der Waals surface area contributed by atoms with Crippen LogP contribution in [0.3, 0.4) is 0 Å². The molecule has 2 N–H and O–H groups in total. The number of hydrogen-bond donors (Lipinski definition) is 2. The third kappa shape index (κ3) is 3.42. The Hall–Kier alpha value is -0.610. The zero-order valence-electron chi connectivity index (χ0n) is 11.5. The number of nitrogens with one attached hydrogen (secondary N) is 2. The molecule has 100 valence electrons. The standard InChI is InChI=1S/C13H26N2O2/c1-5-13(4)11(9-12(13)17-6-2)15-8-7-14-10(3)16/h11-12,15H,5-9H2,1-4H3,(H,14,16). The van der Waals surface area contributed by atoms with Crippen LogP contribution in [-0.4, -0.2) is 37.7 Å². The van der Waals surface area contributed by atoms with Gasteiger partial charge in [-0.15, -0.1) is 0 Å². The quantitative estimate of drug-likeness (QED) is 0.662. The third-order valence-electron chi connectivity index (χ3n) is 4.00. The fourth-order valence-corrected chi connectivity index (χ4v) is 2.55. The van der Waals surface area contributed by atoms with Crippen LogP contribution in [0.1, 0.15) is 40.5 Å². The fraction of sp³-hybridized carbons (Fsp3) is 0.923. The van der Waals surface area contributed by atoms with Crippen molar-refractivity contribution in [3.05, 3.63) is 0 Å². The first kappa shape index (κ1) is 14.5. The van der Waals surface area contributed by atoms with Crippen molar-refractivity contribution in [3.8, 4) is 0 Å². The van der Waals surface area contributed by atoms with Crippen LogP contribution in [0.15, 0.2) is 0 Å². The van der Waals surface area contributed by atoms with Gasteiger partial charge in [0, 0.05) is 38.1 Å². The Kier molecular flexibility index (Phi) is 5.40. The number of hydrogen-bond acceptors (Lipinski definition) is 3. The molecule has 4 heteroatoms. The van der Waals surface area contributed by atoms with E-state index in [4.69, 9.17) is 4.74 Å². The normalized spacial score (nSPS) is 32.0. The third-order valence-corrected chi connectivity index (χ3v) is 4.00. The largest absolute Gasteiger partial charge is 0.378 e. The Bertz CT molecular complexity index is 258. The molecule has 17 heavy (non-hydrogen) atoms. The van der Waals surface area contributed by atoms with Crippen molar-refractivity contribution in [1.82, 2.24) is 10.6 Å². The number of rotatable bonds is 7. The monoisotopic (exact) mass is 242 g/mol. The van der Waals surface area contributed by atoms with Crippen molar-refractivity contribution >= 4 is 5.91 Å². The Morgan fingerprint density at radius 1 is 1.41 bits per heavy atom. The summed E-state index contributed by atoms with van der Waals surface area (Å²) in [6.45, 7) is 10.4. The molecule has 0 saturated heterocycles. The molecule has 1 rings (SSSR count). The van der Waals surface area contributed by atoms with E-state index in [-0.39, 0.29) is 11.3 Å². The van der Waals surface area contributed by atoms with Gasteiger partial charge in [0.05, 0.1) is 6.10 Å². The predicted octanol–water partition coefficient (Wildman–Crippen LogP) is 1.31. The molecule has 0 aliphatic heterocycles. The predicted molar refractivity (Wildman–Crippen MR) is 68.9 cm³/mol. The minimum absolute atomic E-state index is 0.0332. The van der Waals surface area contributed by atoms with Crippen molar-refractivity contribution in [2.75, 3.05) is 19.7 Å². The summed E-state index contributed by atoms with van der Waals surface area (Å²) in [4.78, 5) is 10.7. The first-order valence-corrected chi connectivity index (χ1v) is 6.64. The summed E-state index contributed by atoms with van der Waals surface area (Å²) in [5.74, 6) is 0.0332. The van der Waals surface area contributed by atoms with Gasteiger partial charge in [-0.05, 0) is 19.8 Å². The molecule has 0 aromatic carbocycles. The van der Waals surface area contributed by atoms with Gasteiger partial charge in [-0.2, -0.15) is 0 Å². The molecule has 0 heterocycles. The van der Waals surface area contributed by atoms with Crippen LogP contribution in [0, 0.1) is 5.41 Å². The molecule has 3 unspecified atom stereocenters. The highest BCUT2D eigenvalue weighted by molar-refractivity contribution is 5.72. The molecule has 1 fully saturated rings. The van der Waals surface area contributed by atoms with E-state index in [0.717, 1.165) is 26.0 Å². The average molecular weight is 242 g/mol. The topological polar surface area (TPSA) is 50.4 Å². The molecule has 1 aliphatic rings. The summed E-state index contributed by atoms with van der Waals surface area (Å²) in [6.07, 6.45) is 2.59. The summed E-state index contributed by atoms with van der Waals surface area (Å²) in [5, 5.41) is 6.31. The van der Waals surface area contributed by atoms with E-state index in [2.05, 4.69) is 24.5 Å². The van der Waals surface area contributed by atoms with Crippen LogP contribution in [0.5, 0.6) is 0 Å². The van der Waals surface area contributed by atoms with Crippen molar-refractivity contribution < 1.29 is 9.53 Å². The lowest BCUT2D eigenvalue weighted by Crippen LogP contribution is -2.62. The van der Waals surface area contributed by atoms with Gasteiger partial charge in [0.1, 0.15) is 0 Å². The fourth-order valence-electron chi connectivity index (χ4n) is 2.55. The van der Waals surface area contributed by atoms with Crippen molar-refractivity contribution in [2.24, 2.45) is 5.41 Å². The van der Waals surface area contributed by atoms with E-state index in [0.29, 0.717) is 18.7 Å². The van der Waals surface area contributed by atoms with Crippen molar-refractivity contribution in [3.63, 3.8) is 0 Å². The smallest absolute Gasteiger partial charge is 0.216 e. The van der Waals surface area contributed by atoms with Crippen LogP contribution in [0.25, 0.3) is 0 Å². The highest BCUT2D eigenvalue weighted by Gasteiger charge is 2.50. The summed E-state index contributed by atoms with van der Waals surface area (Å²) in [5.41, 5.74) is 0.242. The van der Waals surface area contributed by atoms with Gasteiger partial charge in [-0.3, -0.25) is 4.79 Å². The van der Waals surface area contributed by atoms with Crippen LogP contribution in [0.4, 0.5) is 0 Å². The Balaban J connectivity index is 2.28. The maximum Gasteiger partial charge on any atom is 0.216 e. The van der Waals surface area contributed by atoms with Crippen molar-refractivity contribution in [2.45, 2.75) is 52.7 Å². The van der Waals surface area contributed by atoms with Gasteiger partial charge in [-0.1, -0.05) is 13.8 Å². The highest BCUT2D eigenvalue weighted by Crippen LogP contribution is 2.45. The summed E-state index contributed by atoms with van der Waals surface area (Å²) < 4.78 is 5.75. The second-order valence-electron chi connectivity index (χ2n) is 5.03. The Morgan fingerprint density at radius 2 is 2.12 bits per heavy atom. The zero-order valence-corrected chi connectivity index (χ0v) is 11.5. The van der Waals surface area contributed by atoms with Gasteiger partial charge in [0.2, 0.25) is 5.91 Å². The van der Waals surface area contributed by atoms with Crippen molar-refractivity contribution in [1.29, 1.82) is 0 Å². The first-order chi connectivity index (χ1) is 8.04. The Labute approximate surface area is 104 Å². The van der Waals surface area contributed by atoms with Crippen LogP contribution in [0.2, 0.25) is 0 Å². The first-order valence-electron chi connectivity index (χ1n) is 6.64. The molecule has 0 aromatic heterocycles. The average Bonchev–Trinajstić information content (AvgIpc) is 2.30. The van der Waals surface area contributed by atoms with E-state index in [9.17, 15) is 4.79 Å². The highest BCUT2D eigenvalue weighted by atomic mass is 16.5. The molecule has 4 nitrogen and oxygen atoms in total. The molecular weight excluding hydrogens is 216 g/mol. The second kappa shape index (κ2) is 6.36. The molecule has 1 amide bonds. The maximum absolute atomic E-state index is 10.7. The lowest BCUT2D eigenvalue weighted by molar-refractivity contribution is -0.126. The lowest BCUT2D eigenvalue weighted by atomic mass is 9.61. The number of amides is 1. The summed E-state index contributed by atoms with van der Waals surface area (Å²) >= 11 is 0. The number of ether oxygens (including phenoxy) is 1. The van der Waals surface area contributed by atoms with E-state index in [1.54, 1.807) is 6.92 Å². The molecule has 1 saturated carbocycles. The minimum Gasteiger partial charge on any atom is -0.378 e. The molecule has 3 atom stereocenters. The van der Waals surface area contributed by atoms with E-state index in [1.807, 2.05) is 6.92 Å². The molecule has 1 aliphatic carbocycles. The van der Waals surface area contributed by atoms with Gasteiger partial charge in [0.25, 0.3) is 0 Å². The molecule has 0 aromatic rings. The Morgan fingerprint density at radius 3 is 2.65 bits per heavy atom. The van der Waals surface area contributed by atoms with Gasteiger partial charge >= 0.3 is 0 Å². The molecular formula is C13H26N2O2. The van der Waals surface area contributed by atoms with Crippen LogP contribution >= 0.6 is 0 Å². The van der Waals surface area contributed by atoms with Crippen LogP contribution < -0.4 is 10.6 Å². The van der Waals surface area contributed by atoms with Gasteiger partial charge in [-0.25, -0.2) is 0 Å². The minimum atomic E-state index is 0.0332. The summed E-state index contributed by atoms with van der Waals surface area (Å²) in [7, 11) is 0. The van der Waals surface area contributed by atoms with Gasteiger partial charge in [0.15, 0.2) is 0 Å².